The molecule has 68 valence electrons. The SMILES string of the molecule is N#Cc1nccn1C1CCCCC1. The van der Waals surface area contributed by atoms with Crippen LogP contribution in [0.4, 0.5) is 0 Å². The van der Waals surface area contributed by atoms with Gasteiger partial charge < -0.3 is 4.57 Å². The van der Waals surface area contributed by atoms with Crippen molar-refractivity contribution in [3.05, 3.63) is 18.2 Å². The lowest BCUT2D eigenvalue weighted by Gasteiger charge is -2.23. The van der Waals surface area contributed by atoms with Crippen molar-refractivity contribution in [2.45, 2.75) is 38.1 Å². The topological polar surface area (TPSA) is 41.6 Å². The van der Waals surface area contributed by atoms with Gasteiger partial charge in [-0.3, -0.25) is 0 Å². The molecule has 0 saturated heterocycles. The Labute approximate surface area is 78.0 Å². The highest BCUT2D eigenvalue weighted by Gasteiger charge is 2.17. The molecule has 0 N–H and O–H groups in total. The van der Waals surface area contributed by atoms with E-state index in [4.69, 9.17) is 5.26 Å². The van der Waals surface area contributed by atoms with Crippen molar-refractivity contribution in [2.75, 3.05) is 0 Å². The summed E-state index contributed by atoms with van der Waals surface area (Å²) in [6.45, 7) is 0. The van der Waals surface area contributed by atoms with Gasteiger partial charge in [0.25, 0.3) is 0 Å². The molecule has 1 aliphatic carbocycles. The van der Waals surface area contributed by atoms with E-state index in [2.05, 4.69) is 11.1 Å². The summed E-state index contributed by atoms with van der Waals surface area (Å²) < 4.78 is 2.03. The van der Waals surface area contributed by atoms with E-state index in [1.54, 1.807) is 6.20 Å². The van der Waals surface area contributed by atoms with Crippen molar-refractivity contribution in [3.8, 4) is 6.07 Å². The molecule has 0 radical (unpaired) electrons. The van der Waals surface area contributed by atoms with Crippen LogP contribution in [0, 0.1) is 11.3 Å². The standard InChI is InChI=1S/C10H13N3/c11-8-10-12-6-7-13(10)9-4-2-1-3-5-9/h6-7,9H,1-5H2. The second-order valence-corrected chi connectivity index (χ2v) is 3.56. The van der Waals surface area contributed by atoms with Gasteiger partial charge in [-0.2, -0.15) is 5.26 Å². The normalized spacial score (nSPS) is 18.4. The Morgan fingerprint density at radius 3 is 2.85 bits per heavy atom. The van der Waals surface area contributed by atoms with Crippen LogP contribution in [0.5, 0.6) is 0 Å². The summed E-state index contributed by atoms with van der Waals surface area (Å²) in [6.07, 6.45) is 9.95. The van der Waals surface area contributed by atoms with Crippen molar-refractivity contribution in [1.82, 2.24) is 9.55 Å². The Hall–Kier alpha value is -1.30. The molecule has 3 heteroatoms. The second-order valence-electron chi connectivity index (χ2n) is 3.56. The number of hydrogen-bond donors (Lipinski definition) is 0. The van der Waals surface area contributed by atoms with Crippen molar-refractivity contribution in [3.63, 3.8) is 0 Å². The van der Waals surface area contributed by atoms with Gasteiger partial charge in [-0.25, -0.2) is 4.98 Å². The van der Waals surface area contributed by atoms with Crippen LogP contribution in [-0.4, -0.2) is 9.55 Å². The third-order valence-electron chi connectivity index (χ3n) is 2.74. The molecule has 1 aromatic heterocycles. The van der Waals surface area contributed by atoms with Gasteiger partial charge in [0, 0.05) is 18.4 Å². The molecule has 13 heavy (non-hydrogen) atoms. The summed E-state index contributed by atoms with van der Waals surface area (Å²) in [7, 11) is 0. The van der Waals surface area contributed by atoms with E-state index in [-0.39, 0.29) is 0 Å². The summed E-state index contributed by atoms with van der Waals surface area (Å²) in [5, 5.41) is 8.80. The molecule has 0 amide bonds. The van der Waals surface area contributed by atoms with Gasteiger partial charge in [0.05, 0.1) is 0 Å². The van der Waals surface area contributed by atoms with Crippen LogP contribution in [-0.2, 0) is 0 Å². The fourth-order valence-electron chi connectivity index (χ4n) is 2.05. The number of aromatic nitrogens is 2. The van der Waals surface area contributed by atoms with Gasteiger partial charge in [-0.1, -0.05) is 19.3 Å². The monoisotopic (exact) mass is 175 g/mol. The molecule has 0 aliphatic heterocycles. The highest BCUT2D eigenvalue weighted by Crippen LogP contribution is 2.28. The zero-order chi connectivity index (χ0) is 9.10. The average molecular weight is 175 g/mol. The maximum Gasteiger partial charge on any atom is 0.212 e. The summed E-state index contributed by atoms with van der Waals surface area (Å²) in [5.41, 5.74) is 0. The fourth-order valence-corrected chi connectivity index (χ4v) is 2.05. The minimum atomic E-state index is 0.519. The minimum absolute atomic E-state index is 0.519. The third-order valence-corrected chi connectivity index (χ3v) is 2.74. The number of nitrogens with zero attached hydrogens (tertiary/aromatic N) is 3. The summed E-state index contributed by atoms with van der Waals surface area (Å²) in [6, 6.07) is 2.64. The van der Waals surface area contributed by atoms with Crippen LogP contribution >= 0.6 is 0 Å². The van der Waals surface area contributed by atoms with E-state index in [0.717, 1.165) is 0 Å². The molecule has 1 aromatic rings. The molecule has 1 aliphatic rings. The zero-order valence-electron chi connectivity index (χ0n) is 7.61. The lowest BCUT2D eigenvalue weighted by molar-refractivity contribution is 0.351. The van der Waals surface area contributed by atoms with Crippen LogP contribution in [0.2, 0.25) is 0 Å². The first-order chi connectivity index (χ1) is 6.42. The quantitative estimate of drug-likeness (QED) is 0.657. The van der Waals surface area contributed by atoms with Crippen LogP contribution in [0.3, 0.4) is 0 Å². The molecule has 1 heterocycles. The highest BCUT2D eigenvalue weighted by atomic mass is 15.1. The molecule has 0 bridgehead atoms. The molecule has 2 rings (SSSR count). The predicted octanol–water partition coefficient (Wildman–Crippen LogP) is 2.26. The molecule has 0 spiro atoms. The predicted molar refractivity (Wildman–Crippen MR) is 49.1 cm³/mol. The van der Waals surface area contributed by atoms with Gasteiger partial charge in [0.2, 0.25) is 5.82 Å². The molecular weight excluding hydrogens is 162 g/mol. The number of rotatable bonds is 1. The molecule has 0 atom stereocenters. The van der Waals surface area contributed by atoms with E-state index in [1.165, 1.54) is 32.1 Å². The maximum absolute atomic E-state index is 8.80. The van der Waals surface area contributed by atoms with Gasteiger partial charge in [-0.15, -0.1) is 0 Å². The molecule has 1 saturated carbocycles. The van der Waals surface area contributed by atoms with Crippen LogP contribution < -0.4 is 0 Å². The molecule has 0 unspecified atom stereocenters. The Bertz CT molecular complexity index is 315. The smallest absolute Gasteiger partial charge is 0.212 e. The van der Waals surface area contributed by atoms with Gasteiger partial charge in [-0.05, 0) is 12.8 Å². The number of nitriles is 1. The number of hydrogen-bond acceptors (Lipinski definition) is 2. The van der Waals surface area contributed by atoms with Gasteiger partial charge in [0.1, 0.15) is 6.07 Å². The maximum atomic E-state index is 8.80. The van der Waals surface area contributed by atoms with E-state index in [0.29, 0.717) is 11.9 Å². The first-order valence-corrected chi connectivity index (χ1v) is 4.85. The van der Waals surface area contributed by atoms with Crippen molar-refractivity contribution < 1.29 is 0 Å². The lowest BCUT2D eigenvalue weighted by atomic mass is 9.95. The minimum Gasteiger partial charge on any atom is -0.320 e. The Morgan fingerprint density at radius 1 is 1.38 bits per heavy atom. The molecule has 0 aromatic carbocycles. The second kappa shape index (κ2) is 3.61. The zero-order valence-corrected chi connectivity index (χ0v) is 7.61. The largest absolute Gasteiger partial charge is 0.320 e. The van der Waals surface area contributed by atoms with E-state index in [9.17, 15) is 0 Å². The first-order valence-electron chi connectivity index (χ1n) is 4.85. The van der Waals surface area contributed by atoms with Gasteiger partial charge >= 0.3 is 0 Å². The summed E-state index contributed by atoms with van der Waals surface area (Å²) in [4.78, 5) is 4.01. The molecule has 3 nitrogen and oxygen atoms in total. The van der Waals surface area contributed by atoms with Crippen molar-refractivity contribution in [1.29, 1.82) is 5.26 Å². The molecule has 1 fully saturated rings. The van der Waals surface area contributed by atoms with E-state index in [1.807, 2.05) is 10.8 Å². The average Bonchev–Trinajstić information content (AvgIpc) is 2.67. The summed E-state index contributed by atoms with van der Waals surface area (Å²) in [5.74, 6) is 0.562. The van der Waals surface area contributed by atoms with E-state index >= 15 is 0 Å². The first kappa shape index (κ1) is 8.31. The molecular formula is C10H13N3. The Kier molecular flexibility index (Phi) is 2.31. The lowest BCUT2D eigenvalue weighted by Crippen LogP contribution is -2.13. The number of imidazole rings is 1. The van der Waals surface area contributed by atoms with Gasteiger partial charge in [0.15, 0.2) is 0 Å². The van der Waals surface area contributed by atoms with E-state index < -0.39 is 0 Å². The van der Waals surface area contributed by atoms with Crippen LogP contribution in [0.15, 0.2) is 12.4 Å². The van der Waals surface area contributed by atoms with Crippen molar-refractivity contribution in [2.24, 2.45) is 0 Å². The van der Waals surface area contributed by atoms with Crippen LogP contribution in [0.1, 0.15) is 44.0 Å². The Morgan fingerprint density at radius 2 is 2.15 bits per heavy atom. The highest BCUT2D eigenvalue weighted by molar-refractivity contribution is 5.12. The third kappa shape index (κ3) is 1.57. The summed E-state index contributed by atoms with van der Waals surface area (Å²) >= 11 is 0. The Balaban J connectivity index is 2.19. The van der Waals surface area contributed by atoms with Crippen LogP contribution in [0.25, 0.3) is 0 Å². The fraction of sp³-hybridized carbons (Fsp3) is 0.600. The van der Waals surface area contributed by atoms with Crippen molar-refractivity contribution >= 4 is 0 Å².